The lowest BCUT2D eigenvalue weighted by atomic mass is 10.2. The van der Waals surface area contributed by atoms with Gasteiger partial charge in [-0.05, 0) is 19.4 Å². The first-order chi connectivity index (χ1) is 9.87. The molecule has 21 heavy (non-hydrogen) atoms. The molecule has 7 nitrogen and oxygen atoms in total. The Balaban J connectivity index is 2.37. The van der Waals surface area contributed by atoms with Crippen molar-refractivity contribution in [1.82, 2.24) is 9.62 Å². The molecular weight excluding hydrogens is 338 g/mol. The zero-order chi connectivity index (χ0) is 15.6. The Morgan fingerprint density at radius 2 is 2.33 bits per heavy atom. The topological polar surface area (TPSA) is 92.6 Å². The number of thiophene rings is 1. The molecule has 0 saturated carbocycles. The normalized spacial score (nSPS) is 19.3. The molecule has 1 aliphatic heterocycles. The monoisotopic (exact) mass is 353 g/mol. The van der Waals surface area contributed by atoms with Crippen LogP contribution in [0.1, 0.15) is 19.8 Å². The van der Waals surface area contributed by atoms with Gasteiger partial charge in [0.05, 0.1) is 4.92 Å². The van der Waals surface area contributed by atoms with E-state index in [1.807, 2.05) is 6.92 Å². The summed E-state index contributed by atoms with van der Waals surface area (Å²) < 4.78 is 26.7. The number of hydrogen-bond acceptors (Lipinski definition) is 6. The molecular formula is C11H16ClN3O4S2. The molecule has 0 aliphatic carbocycles. The van der Waals surface area contributed by atoms with Crippen LogP contribution in [0.5, 0.6) is 0 Å². The predicted octanol–water partition coefficient (Wildman–Crippen LogP) is 2.07. The molecule has 0 amide bonds. The largest absolute Gasteiger partial charge is 0.315 e. The SMILES string of the molecule is CCCN(C1CCNC1)S(=O)(=O)c1cc([N+](=O)[O-])c(Cl)s1. The Hall–Kier alpha value is -0.740. The summed E-state index contributed by atoms with van der Waals surface area (Å²) in [4.78, 5) is 10.2. The zero-order valence-electron chi connectivity index (χ0n) is 11.4. The van der Waals surface area contributed by atoms with Gasteiger partial charge >= 0.3 is 0 Å². The van der Waals surface area contributed by atoms with E-state index in [1.165, 1.54) is 4.31 Å². The summed E-state index contributed by atoms with van der Waals surface area (Å²) in [6.45, 7) is 3.65. The van der Waals surface area contributed by atoms with Crippen molar-refractivity contribution < 1.29 is 13.3 Å². The molecule has 1 unspecified atom stereocenters. The first-order valence-electron chi connectivity index (χ1n) is 6.54. The molecule has 0 aromatic carbocycles. The summed E-state index contributed by atoms with van der Waals surface area (Å²) in [5.74, 6) is 0. The average molecular weight is 354 g/mol. The molecule has 1 atom stereocenters. The summed E-state index contributed by atoms with van der Waals surface area (Å²) in [6, 6.07) is 0.933. The van der Waals surface area contributed by atoms with Crippen molar-refractivity contribution in [3.8, 4) is 0 Å². The van der Waals surface area contributed by atoms with Crippen molar-refractivity contribution >= 4 is 38.6 Å². The molecule has 10 heteroatoms. The second kappa shape index (κ2) is 6.57. The first kappa shape index (κ1) is 16.6. The number of halogens is 1. The van der Waals surface area contributed by atoms with Crippen molar-refractivity contribution in [2.24, 2.45) is 0 Å². The number of rotatable bonds is 6. The molecule has 1 saturated heterocycles. The van der Waals surface area contributed by atoms with E-state index >= 15 is 0 Å². The van der Waals surface area contributed by atoms with Gasteiger partial charge in [0.1, 0.15) is 4.21 Å². The van der Waals surface area contributed by atoms with Gasteiger partial charge in [0, 0.05) is 25.2 Å². The predicted molar refractivity (Wildman–Crippen MR) is 81.4 cm³/mol. The molecule has 1 aliphatic rings. The van der Waals surface area contributed by atoms with Gasteiger partial charge in [-0.3, -0.25) is 10.1 Å². The maximum absolute atomic E-state index is 12.7. The molecule has 2 rings (SSSR count). The third-order valence-electron chi connectivity index (χ3n) is 3.29. The minimum atomic E-state index is -3.76. The Kier molecular flexibility index (Phi) is 5.20. The Morgan fingerprint density at radius 3 is 2.81 bits per heavy atom. The van der Waals surface area contributed by atoms with Crippen LogP contribution in [0, 0.1) is 10.1 Å². The van der Waals surface area contributed by atoms with E-state index in [9.17, 15) is 18.5 Å². The van der Waals surface area contributed by atoms with Crippen LogP contribution in [0.4, 0.5) is 5.69 Å². The molecule has 1 fully saturated rings. The third-order valence-corrected chi connectivity index (χ3v) is 7.03. The third kappa shape index (κ3) is 3.37. The van der Waals surface area contributed by atoms with Crippen LogP contribution in [-0.2, 0) is 10.0 Å². The standard InChI is InChI=1S/C11H16ClN3O4S2/c1-2-5-14(8-3-4-13-7-8)21(18,19)10-6-9(15(16)17)11(12)20-10/h6,8,13H,2-5,7H2,1H3. The van der Waals surface area contributed by atoms with Gasteiger partial charge in [0.25, 0.3) is 15.7 Å². The number of nitrogens with one attached hydrogen (secondary N) is 1. The van der Waals surface area contributed by atoms with Crippen molar-refractivity contribution in [2.45, 2.75) is 30.0 Å². The van der Waals surface area contributed by atoms with Gasteiger partial charge < -0.3 is 5.32 Å². The van der Waals surface area contributed by atoms with E-state index < -0.39 is 14.9 Å². The fraction of sp³-hybridized carbons (Fsp3) is 0.636. The summed E-state index contributed by atoms with van der Waals surface area (Å²) in [7, 11) is -3.76. The molecule has 1 aromatic rings. The molecule has 118 valence electrons. The second-order valence-corrected chi connectivity index (χ2v) is 8.52. The molecule has 0 radical (unpaired) electrons. The summed E-state index contributed by atoms with van der Waals surface area (Å²) in [5, 5.41) is 14.0. The number of sulfonamides is 1. The zero-order valence-corrected chi connectivity index (χ0v) is 13.8. The molecule has 0 bridgehead atoms. The van der Waals surface area contributed by atoms with E-state index in [-0.39, 0.29) is 20.3 Å². The van der Waals surface area contributed by atoms with Crippen molar-refractivity contribution in [3.63, 3.8) is 0 Å². The summed E-state index contributed by atoms with van der Waals surface area (Å²) in [5.41, 5.74) is -0.360. The van der Waals surface area contributed by atoms with E-state index in [1.54, 1.807) is 0 Å². The highest BCUT2D eigenvalue weighted by atomic mass is 35.5. The molecule has 2 heterocycles. The highest BCUT2D eigenvalue weighted by Crippen LogP contribution is 2.38. The van der Waals surface area contributed by atoms with Crippen LogP contribution in [0.2, 0.25) is 4.34 Å². The van der Waals surface area contributed by atoms with Gasteiger partial charge in [0.2, 0.25) is 0 Å². The van der Waals surface area contributed by atoms with Crippen molar-refractivity contribution in [3.05, 3.63) is 20.5 Å². The van der Waals surface area contributed by atoms with Gasteiger partial charge in [0.15, 0.2) is 4.34 Å². The van der Waals surface area contributed by atoms with Crippen LogP contribution >= 0.6 is 22.9 Å². The molecule has 1 aromatic heterocycles. The minimum absolute atomic E-state index is 0.0699. The molecule has 0 spiro atoms. The smallest absolute Gasteiger partial charge is 0.300 e. The summed E-state index contributed by atoms with van der Waals surface area (Å²) >= 11 is 6.51. The quantitative estimate of drug-likeness (QED) is 0.624. The van der Waals surface area contributed by atoms with Crippen molar-refractivity contribution in [2.75, 3.05) is 19.6 Å². The lowest BCUT2D eigenvalue weighted by Crippen LogP contribution is -2.41. The number of nitrogens with zero attached hydrogens (tertiary/aromatic N) is 2. The van der Waals surface area contributed by atoms with Crippen LogP contribution in [-0.4, -0.2) is 43.3 Å². The fourth-order valence-corrected chi connectivity index (χ4v) is 5.85. The lowest BCUT2D eigenvalue weighted by molar-refractivity contribution is -0.384. The summed E-state index contributed by atoms with van der Waals surface area (Å²) in [6.07, 6.45) is 1.41. The van der Waals surface area contributed by atoms with Gasteiger partial charge in [-0.2, -0.15) is 4.31 Å². The fourth-order valence-electron chi connectivity index (χ4n) is 2.31. The maximum Gasteiger partial charge on any atom is 0.300 e. The number of nitro groups is 1. The van der Waals surface area contributed by atoms with Crippen molar-refractivity contribution in [1.29, 1.82) is 0 Å². The second-order valence-electron chi connectivity index (χ2n) is 4.74. The van der Waals surface area contributed by atoms with Crippen LogP contribution in [0.25, 0.3) is 0 Å². The van der Waals surface area contributed by atoms with Crippen LogP contribution in [0.15, 0.2) is 10.3 Å². The first-order valence-corrected chi connectivity index (χ1v) is 9.17. The van der Waals surface area contributed by atoms with E-state index in [0.29, 0.717) is 19.5 Å². The molecule has 1 N–H and O–H groups in total. The van der Waals surface area contributed by atoms with E-state index in [0.717, 1.165) is 30.4 Å². The Labute approximate surface area is 132 Å². The average Bonchev–Trinajstić information content (AvgIpc) is 3.04. The Morgan fingerprint density at radius 1 is 1.62 bits per heavy atom. The van der Waals surface area contributed by atoms with Gasteiger partial charge in [-0.1, -0.05) is 18.5 Å². The Bertz CT molecular complexity index is 625. The lowest BCUT2D eigenvalue weighted by Gasteiger charge is -2.26. The van der Waals surface area contributed by atoms with Gasteiger partial charge in [-0.15, -0.1) is 11.3 Å². The van der Waals surface area contributed by atoms with E-state index in [4.69, 9.17) is 11.6 Å². The van der Waals surface area contributed by atoms with Gasteiger partial charge in [-0.25, -0.2) is 8.42 Å². The van der Waals surface area contributed by atoms with Crippen LogP contribution in [0.3, 0.4) is 0 Å². The maximum atomic E-state index is 12.7. The van der Waals surface area contributed by atoms with Crippen LogP contribution < -0.4 is 5.32 Å². The highest BCUT2D eigenvalue weighted by Gasteiger charge is 2.35. The minimum Gasteiger partial charge on any atom is -0.315 e. The highest BCUT2D eigenvalue weighted by molar-refractivity contribution is 7.91. The number of hydrogen-bond donors (Lipinski definition) is 1. The van der Waals surface area contributed by atoms with E-state index in [2.05, 4.69) is 5.32 Å².